The van der Waals surface area contributed by atoms with Crippen molar-refractivity contribution in [2.24, 2.45) is 5.92 Å². The molecule has 1 fully saturated rings. The molecule has 19 heavy (non-hydrogen) atoms. The van der Waals surface area contributed by atoms with Crippen LogP contribution >= 0.6 is 11.6 Å². The Bertz CT molecular complexity index is 463. The van der Waals surface area contributed by atoms with Gasteiger partial charge in [0.05, 0.1) is 17.3 Å². The summed E-state index contributed by atoms with van der Waals surface area (Å²) in [6, 6.07) is 7.51. The van der Waals surface area contributed by atoms with Crippen LogP contribution in [0.4, 0.5) is 5.69 Å². The third-order valence-corrected chi connectivity index (χ3v) is 4.25. The van der Waals surface area contributed by atoms with E-state index in [4.69, 9.17) is 16.3 Å². The number of hydrogen-bond donors (Lipinski definition) is 1. The molecule has 1 N–H and O–H groups in total. The summed E-state index contributed by atoms with van der Waals surface area (Å²) < 4.78 is 5.27. The molecular weight excluding hydrogens is 262 g/mol. The number of halogens is 1. The summed E-state index contributed by atoms with van der Waals surface area (Å²) in [7, 11) is 0. The van der Waals surface area contributed by atoms with E-state index in [1.807, 2.05) is 31.2 Å². The third kappa shape index (κ3) is 2.71. The summed E-state index contributed by atoms with van der Waals surface area (Å²) in [4.78, 5) is 12.4. The third-order valence-electron chi connectivity index (χ3n) is 3.92. The molecule has 1 aromatic rings. The number of carbonyl (C=O) groups excluding carboxylic acids is 1. The van der Waals surface area contributed by atoms with Gasteiger partial charge in [0.1, 0.15) is 5.54 Å². The van der Waals surface area contributed by atoms with Crippen molar-refractivity contribution in [3.05, 3.63) is 29.3 Å². The van der Waals surface area contributed by atoms with Crippen molar-refractivity contribution < 1.29 is 9.53 Å². The van der Waals surface area contributed by atoms with Crippen LogP contribution in [-0.2, 0) is 9.53 Å². The lowest BCUT2D eigenvalue weighted by molar-refractivity contribution is -0.149. The van der Waals surface area contributed by atoms with Gasteiger partial charge >= 0.3 is 5.97 Å². The summed E-state index contributed by atoms with van der Waals surface area (Å²) >= 11 is 6.18. The van der Waals surface area contributed by atoms with Crippen molar-refractivity contribution in [1.29, 1.82) is 0 Å². The molecule has 0 aromatic heterocycles. The summed E-state index contributed by atoms with van der Waals surface area (Å²) in [6.45, 7) is 4.33. The van der Waals surface area contributed by atoms with Gasteiger partial charge in [-0.15, -0.1) is 0 Å². The predicted octanol–water partition coefficient (Wildman–Crippen LogP) is 3.87. The molecule has 1 saturated carbocycles. The highest BCUT2D eigenvalue weighted by Crippen LogP contribution is 2.40. The molecule has 3 nitrogen and oxygen atoms in total. The highest BCUT2D eigenvalue weighted by Gasteiger charge is 2.48. The fourth-order valence-corrected chi connectivity index (χ4v) is 2.97. The van der Waals surface area contributed by atoms with E-state index in [0.29, 0.717) is 11.6 Å². The van der Waals surface area contributed by atoms with E-state index in [1.54, 1.807) is 0 Å². The molecule has 0 radical (unpaired) electrons. The molecule has 1 aliphatic rings. The Morgan fingerprint density at radius 3 is 2.84 bits per heavy atom. The number of ether oxygens (including phenoxy) is 1. The van der Waals surface area contributed by atoms with Crippen LogP contribution in [0, 0.1) is 5.92 Å². The summed E-state index contributed by atoms with van der Waals surface area (Å²) in [5.41, 5.74) is 0.159. The first-order valence-corrected chi connectivity index (χ1v) is 7.18. The Labute approximate surface area is 119 Å². The van der Waals surface area contributed by atoms with E-state index in [2.05, 4.69) is 12.2 Å². The Morgan fingerprint density at radius 2 is 2.26 bits per heavy atom. The quantitative estimate of drug-likeness (QED) is 0.852. The molecule has 0 heterocycles. The number of carbonyl (C=O) groups is 1. The van der Waals surface area contributed by atoms with Gasteiger partial charge in [-0.3, -0.25) is 0 Å². The lowest BCUT2D eigenvalue weighted by Crippen LogP contribution is -2.49. The average Bonchev–Trinajstić information content (AvgIpc) is 2.75. The van der Waals surface area contributed by atoms with Gasteiger partial charge in [-0.25, -0.2) is 4.79 Å². The number of benzene rings is 1. The molecule has 0 spiro atoms. The first-order chi connectivity index (χ1) is 9.10. The lowest BCUT2D eigenvalue weighted by Gasteiger charge is -2.33. The monoisotopic (exact) mass is 281 g/mol. The second kappa shape index (κ2) is 5.83. The van der Waals surface area contributed by atoms with Crippen LogP contribution in [0.15, 0.2) is 24.3 Å². The van der Waals surface area contributed by atoms with Crippen molar-refractivity contribution >= 4 is 23.3 Å². The predicted molar refractivity (Wildman–Crippen MR) is 77.5 cm³/mol. The molecule has 0 aliphatic heterocycles. The van der Waals surface area contributed by atoms with E-state index in [-0.39, 0.29) is 11.9 Å². The van der Waals surface area contributed by atoms with Crippen LogP contribution in [0.1, 0.15) is 33.1 Å². The van der Waals surface area contributed by atoms with E-state index in [9.17, 15) is 4.79 Å². The number of esters is 1. The smallest absolute Gasteiger partial charge is 0.332 e. The molecule has 104 valence electrons. The van der Waals surface area contributed by atoms with Crippen molar-refractivity contribution in [2.45, 2.75) is 38.6 Å². The maximum atomic E-state index is 12.4. The summed E-state index contributed by atoms with van der Waals surface area (Å²) in [5.74, 6) is 0.0720. The minimum absolute atomic E-state index is 0.167. The zero-order valence-corrected chi connectivity index (χ0v) is 12.2. The molecule has 0 bridgehead atoms. The van der Waals surface area contributed by atoms with Gasteiger partial charge in [0.2, 0.25) is 0 Å². The molecule has 4 heteroatoms. The minimum Gasteiger partial charge on any atom is -0.464 e. The molecule has 2 unspecified atom stereocenters. The SMILES string of the molecule is CCOC(=O)C1(Nc2ccccc2Cl)CCCC1C. The topological polar surface area (TPSA) is 38.3 Å². The highest BCUT2D eigenvalue weighted by atomic mass is 35.5. The number of rotatable bonds is 4. The molecule has 2 atom stereocenters. The van der Waals surface area contributed by atoms with Gasteiger partial charge in [0.25, 0.3) is 0 Å². The van der Waals surface area contributed by atoms with E-state index >= 15 is 0 Å². The maximum Gasteiger partial charge on any atom is 0.332 e. The van der Waals surface area contributed by atoms with Crippen molar-refractivity contribution in [3.8, 4) is 0 Å². The Balaban J connectivity index is 2.29. The first-order valence-electron chi connectivity index (χ1n) is 6.80. The first kappa shape index (κ1) is 14.2. The lowest BCUT2D eigenvalue weighted by atomic mass is 9.88. The van der Waals surface area contributed by atoms with Crippen LogP contribution in [0.3, 0.4) is 0 Å². The fraction of sp³-hybridized carbons (Fsp3) is 0.533. The maximum absolute atomic E-state index is 12.4. The number of anilines is 1. The zero-order chi connectivity index (χ0) is 13.9. The van der Waals surface area contributed by atoms with Crippen molar-refractivity contribution in [1.82, 2.24) is 0 Å². The van der Waals surface area contributed by atoms with Crippen LogP contribution in [0.5, 0.6) is 0 Å². The molecule has 2 rings (SSSR count). The Kier molecular flexibility index (Phi) is 4.35. The van der Waals surface area contributed by atoms with Gasteiger partial charge in [-0.2, -0.15) is 0 Å². The number of hydrogen-bond acceptors (Lipinski definition) is 3. The fourth-order valence-electron chi connectivity index (χ4n) is 2.78. The van der Waals surface area contributed by atoms with Gasteiger partial charge in [-0.1, -0.05) is 37.1 Å². The number of para-hydroxylation sites is 1. The molecule has 1 aromatic carbocycles. The zero-order valence-electron chi connectivity index (χ0n) is 11.4. The van der Waals surface area contributed by atoms with Crippen LogP contribution in [0.2, 0.25) is 5.02 Å². The Hall–Kier alpha value is -1.22. The van der Waals surface area contributed by atoms with Crippen molar-refractivity contribution in [2.75, 3.05) is 11.9 Å². The summed E-state index contributed by atoms with van der Waals surface area (Å²) in [6.07, 6.45) is 2.84. The second-order valence-corrected chi connectivity index (χ2v) is 5.50. The van der Waals surface area contributed by atoms with Gasteiger partial charge in [0.15, 0.2) is 0 Å². The van der Waals surface area contributed by atoms with E-state index in [0.717, 1.165) is 24.9 Å². The van der Waals surface area contributed by atoms with Gasteiger partial charge < -0.3 is 10.1 Å². The number of nitrogens with one attached hydrogen (secondary N) is 1. The normalized spacial score (nSPS) is 26.2. The van der Waals surface area contributed by atoms with Crippen LogP contribution in [0.25, 0.3) is 0 Å². The molecular formula is C15H20ClNO2. The minimum atomic E-state index is -0.638. The second-order valence-electron chi connectivity index (χ2n) is 5.09. The highest BCUT2D eigenvalue weighted by molar-refractivity contribution is 6.33. The average molecular weight is 282 g/mol. The Morgan fingerprint density at radius 1 is 1.53 bits per heavy atom. The van der Waals surface area contributed by atoms with Gasteiger partial charge in [-0.05, 0) is 37.8 Å². The molecule has 0 amide bonds. The molecule has 1 aliphatic carbocycles. The van der Waals surface area contributed by atoms with E-state index < -0.39 is 5.54 Å². The van der Waals surface area contributed by atoms with Crippen molar-refractivity contribution in [3.63, 3.8) is 0 Å². The van der Waals surface area contributed by atoms with E-state index in [1.165, 1.54) is 0 Å². The van der Waals surface area contributed by atoms with Crippen LogP contribution < -0.4 is 5.32 Å². The molecule has 0 saturated heterocycles. The van der Waals surface area contributed by atoms with Crippen LogP contribution in [-0.4, -0.2) is 18.1 Å². The standard InChI is InChI=1S/C15H20ClNO2/c1-3-19-14(18)15(10-6-7-11(15)2)17-13-9-5-4-8-12(13)16/h4-5,8-9,11,17H,3,6-7,10H2,1-2H3. The summed E-state index contributed by atoms with van der Waals surface area (Å²) in [5, 5.41) is 3.98. The van der Waals surface area contributed by atoms with Gasteiger partial charge in [0, 0.05) is 0 Å². The largest absolute Gasteiger partial charge is 0.464 e.